The van der Waals surface area contributed by atoms with E-state index < -0.39 is 0 Å². The van der Waals surface area contributed by atoms with Crippen LogP contribution in [0.15, 0.2) is 103 Å². The molecule has 3 unspecified atom stereocenters. The molecule has 178 valence electrons. The van der Waals surface area contributed by atoms with Crippen molar-refractivity contribution in [1.82, 2.24) is 0 Å². The molecule has 0 spiro atoms. The van der Waals surface area contributed by atoms with E-state index in [9.17, 15) is 4.79 Å². The minimum absolute atomic E-state index is 0. The van der Waals surface area contributed by atoms with Gasteiger partial charge in [0.25, 0.3) is 0 Å². The number of nitrogens with one attached hydrogen (secondary N) is 1. The molecule has 6 heteroatoms. The number of carbonyl (C=O) groups is 1. The van der Waals surface area contributed by atoms with Gasteiger partial charge in [-0.1, -0.05) is 83.5 Å². The number of benzene rings is 3. The van der Waals surface area contributed by atoms with Gasteiger partial charge in [-0.05, 0) is 31.1 Å². The van der Waals surface area contributed by atoms with Gasteiger partial charge in [0, 0.05) is 5.92 Å². The van der Waals surface area contributed by atoms with Crippen LogP contribution in [0.4, 0.5) is 0 Å². The summed E-state index contributed by atoms with van der Waals surface area (Å²) in [5, 5.41) is 5.46. The molecular formula is C29H29Cl2HfNOSi. The minimum atomic E-state index is -0.313. The van der Waals surface area contributed by atoms with Crippen molar-refractivity contribution in [2.45, 2.75) is 25.7 Å². The molecule has 2 aliphatic rings. The largest absolute Gasteiger partial charge is 4.00 e. The maximum Gasteiger partial charge on any atom is 4.00 e. The van der Waals surface area contributed by atoms with E-state index in [1.54, 1.807) is 0 Å². The number of fused-ring (bicyclic) bond motifs is 3. The molecule has 0 aliphatic heterocycles. The van der Waals surface area contributed by atoms with Crippen LogP contribution in [0.3, 0.4) is 0 Å². The number of hydrogen-bond acceptors (Lipinski definition) is 1. The fourth-order valence-electron chi connectivity index (χ4n) is 4.85. The number of carbonyl (C=O) groups excluding carboxylic acids is 1. The van der Waals surface area contributed by atoms with Gasteiger partial charge in [0.15, 0.2) is 0 Å². The summed E-state index contributed by atoms with van der Waals surface area (Å²) in [6, 6.07) is 35.8. The van der Waals surface area contributed by atoms with Crippen LogP contribution in [0, 0.1) is 17.8 Å². The van der Waals surface area contributed by atoms with Crippen molar-refractivity contribution in [2.24, 2.45) is 17.8 Å². The second kappa shape index (κ2) is 16.2. The smallest absolute Gasteiger partial charge is 1.00 e. The molecule has 1 amide bonds. The summed E-state index contributed by atoms with van der Waals surface area (Å²) in [6.45, 7) is 0. The molecule has 2 radical (unpaired) electrons. The van der Waals surface area contributed by atoms with E-state index >= 15 is 0 Å². The molecule has 6 rings (SSSR count). The van der Waals surface area contributed by atoms with Crippen molar-refractivity contribution in [3.63, 3.8) is 0 Å². The minimum Gasteiger partial charge on any atom is -1.00 e. The van der Waals surface area contributed by atoms with Gasteiger partial charge in [0.1, 0.15) is 9.52 Å². The van der Waals surface area contributed by atoms with Gasteiger partial charge in [-0.15, -0.1) is 29.7 Å². The van der Waals surface area contributed by atoms with Gasteiger partial charge in [-0.2, -0.15) is 17.5 Å². The van der Waals surface area contributed by atoms with E-state index in [-0.39, 0.29) is 62.5 Å². The zero-order valence-electron chi connectivity index (χ0n) is 19.5. The van der Waals surface area contributed by atoms with E-state index in [4.69, 9.17) is 5.73 Å². The Labute approximate surface area is 242 Å². The summed E-state index contributed by atoms with van der Waals surface area (Å²) < 4.78 is 0. The summed E-state index contributed by atoms with van der Waals surface area (Å²) in [5.41, 5.74) is 6.99. The zero-order chi connectivity index (χ0) is 22.2. The average Bonchev–Trinajstić information content (AvgIpc) is 3.58. The first kappa shape index (κ1) is 31.4. The van der Waals surface area contributed by atoms with E-state index in [0.717, 1.165) is 21.9 Å². The molecule has 0 heterocycles. The van der Waals surface area contributed by atoms with Crippen molar-refractivity contribution in [3.8, 4) is 0 Å². The molecule has 3 atom stereocenters. The van der Waals surface area contributed by atoms with Crippen molar-refractivity contribution < 1.29 is 55.5 Å². The summed E-state index contributed by atoms with van der Waals surface area (Å²) in [4.78, 5) is 10.7. The summed E-state index contributed by atoms with van der Waals surface area (Å²) in [7, 11) is 0.777. The van der Waals surface area contributed by atoms with Gasteiger partial charge >= 0.3 is 25.8 Å². The van der Waals surface area contributed by atoms with Crippen molar-refractivity contribution in [1.29, 1.82) is 0 Å². The van der Waals surface area contributed by atoms with E-state index in [1.165, 1.54) is 40.4 Å². The first-order valence-corrected chi connectivity index (χ1v) is 12.4. The molecular weight excluding hydrogens is 656 g/mol. The Morgan fingerprint density at radius 3 is 1.80 bits per heavy atom. The molecule has 2 fully saturated rings. The van der Waals surface area contributed by atoms with E-state index in [2.05, 4.69) is 103 Å². The van der Waals surface area contributed by atoms with E-state index in [1.807, 2.05) is 0 Å². The molecule has 2 nitrogen and oxygen atoms in total. The summed E-state index contributed by atoms with van der Waals surface area (Å²) in [6.07, 6.45) is 4.77. The SMILES string of the molecule is [Cl-].[Cl-].[Hf+4].[NH-]C(=O)C1CC2CCC1C2.c1ccc([Si]c2ccccc2)cc1.c1ccc2[cH-]ccc2c1. The molecule has 2 aliphatic carbocycles. The second-order valence-electron chi connectivity index (χ2n) is 8.66. The Morgan fingerprint density at radius 2 is 1.34 bits per heavy atom. The fraction of sp³-hybridized carbons (Fsp3) is 0.241. The fourth-order valence-corrected chi connectivity index (χ4v) is 5.90. The Balaban J connectivity index is 0.000000256. The number of hydrogen-bond donors (Lipinski definition) is 0. The average molecular weight is 685 g/mol. The third-order valence-electron chi connectivity index (χ3n) is 6.46. The standard InChI is InChI=1S/C12H10Si.C9H7.C8H13NO.2ClH.Hf/c1-3-7-11(8-4-1)13-12-9-5-2-6-10-12;1-2-5-9-7-3-6-8(9)4-1;9-8(10)7-4-5-1-2-6(7)3-5;;;/h1-10H;1-7H;5-7H,1-4H2,(H2,9,10);2*1H;/q;-1;;;;+4/p-3. The first-order valence-electron chi connectivity index (χ1n) is 11.4. The molecule has 2 saturated carbocycles. The maximum absolute atomic E-state index is 10.7. The zero-order valence-corrected chi connectivity index (χ0v) is 25.6. The van der Waals surface area contributed by atoms with Crippen LogP contribution in [0.5, 0.6) is 0 Å². The Morgan fingerprint density at radius 1 is 0.771 bits per heavy atom. The van der Waals surface area contributed by atoms with Crippen molar-refractivity contribution >= 4 is 36.6 Å². The van der Waals surface area contributed by atoms with Gasteiger partial charge in [-0.25, -0.2) is 0 Å². The summed E-state index contributed by atoms with van der Waals surface area (Å²) in [5.74, 6) is 1.20. The third-order valence-corrected chi connectivity index (χ3v) is 7.70. The van der Waals surface area contributed by atoms with Crippen molar-refractivity contribution in [2.75, 3.05) is 0 Å². The normalized spacial score (nSPS) is 18.9. The second-order valence-corrected chi connectivity index (χ2v) is 10.1. The number of halogens is 2. The van der Waals surface area contributed by atoms with Gasteiger partial charge in [-0.3, -0.25) is 0 Å². The molecule has 0 aromatic heterocycles. The van der Waals surface area contributed by atoms with Crippen LogP contribution in [0.25, 0.3) is 16.5 Å². The van der Waals surface area contributed by atoms with Gasteiger partial charge < -0.3 is 35.3 Å². The quantitative estimate of drug-likeness (QED) is 0.220. The first-order chi connectivity index (χ1) is 15.7. The van der Waals surface area contributed by atoms with Crippen LogP contribution < -0.4 is 35.2 Å². The predicted octanol–water partition coefficient (Wildman–Crippen LogP) is -0.0928. The molecule has 0 saturated heterocycles. The van der Waals surface area contributed by atoms with Crippen molar-refractivity contribution in [3.05, 3.63) is 109 Å². The Kier molecular flexibility index (Phi) is 14.6. The van der Waals surface area contributed by atoms with Gasteiger partial charge in [0.05, 0.1) is 5.91 Å². The van der Waals surface area contributed by atoms with Crippen LogP contribution in [-0.2, 0) is 30.6 Å². The van der Waals surface area contributed by atoms with Crippen LogP contribution >= 0.6 is 0 Å². The number of amides is 1. The molecule has 35 heavy (non-hydrogen) atoms. The number of rotatable bonds is 3. The summed E-state index contributed by atoms with van der Waals surface area (Å²) >= 11 is 0. The topological polar surface area (TPSA) is 40.9 Å². The van der Waals surface area contributed by atoms with Crippen LogP contribution in [0.2, 0.25) is 0 Å². The van der Waals surface area contributed by atoms with Gasteiger partial charge in [0.2, 0.25) is 0 Å². The monoisotopic (exact) mass is 685 g/mol. The maximum atomic E-state index is 10.7. The Bertz CT molecular complexity index is 1060. The van der Waals surface area contributed by atoms with E-state index in [0.29, 0.717) is 5.92 Å². The molecule has 4 aromatic carbocycles. The third kappa shape index (κ3) is 9.42. The molecule has 1 N–H and O–H groups in total. The van der Waals surface area contributed by atoms with Crippen LogP contribution in [-0.4, -0.2) is 15.4 Å². The Hall–Kier alpha value is -1.59. The predicted molar refractivity (Wildman–Crippen MR) is 136 cm³/mol. The van der Waals surface area contributed by atoms with Crippen LogP contribution in [0.1, 0.15) is 25.7 Å². The molecule has 4 aromatic rings. The molecule has 2 bridgehead atoms.